The number of aliphatic hydroxyl groups excluding tert-OH is 3. The molecule has 0 bridgehead atoms. The van der Waals surface area contributed by atoms with Crippen LogP contribution < -0.4 is 5.32 Å². The molecule has 0 saturated heterocycles. The predicted molar refractivity (Wildman–Crippen MR) is 307 cm³/mol. The van der Waals surface area contributed by atoms with Gasteiger partial charge >= 0.3 is 5.97 Å². The molecule has 7 heteroatoms. The molecule has 0 saturated carbocycles. The third-order valence-electron chi connectivity index (χ3n) is 14.8. The smallest absolute Gasteiger partial charge is 0.305 e. The summed E-state index contributed by atoms with van der Waals surface area (Å²) in [5, 5.41) is 33.6. The van der Waals surface area contributed by atoms with Gasteiger partial charge in [0.05, 0.1) is 25.4 Å². The van der Waals surface area contributed by atoms with E-state index < -0.39 is 18.2 Å². The number of carbonyl (C=O) groups is 2. The molecule has 0 spiro atoms. The van der Waals surface area contributed by atoms with Crippen molar-refractivity contribution in [2.24, 2.45) is 0 Å². The molecule has 0 aromatic rings. The zero-order chi connectivity index (χ0) is 51.6. The summed E-state index contributed by atoms with van der Waals surface area (Å²) >= 11 is 0. The molecule has 71 heavy (non-hydrogen) atoms. The lowest BCUT2D eigenvalue weighted by atomic mass is 9.99. The number of hydrogen-bond donors (Lipinski definition) is 4. The molecule has 4 N–H and O–H groups in total. The highest BCUT2D eigenvalue weighted by atomic mass is 16.5. The first-order chi connectivity index (χ1) is 35.0. The number of unbranched alkanes of at least 4 members (excludes halogenated alkanes) is 43. The normalized spacial score (nSPS) is 13.1. The van der Waals surface area contributed by atoms with Crippen LogP contribution in [-0.4, -0.2) is 58.7 Å². The third kappa shape index (κ3) is 54.4. The Morgan fingerprint density at radius 1 is 0.408 bits per heavy atom. The molecule has 0 rings (SSSR count). The minimum atomic E-state index is -1.14. The molecule has 0 fully saturated rings. The second-order valence-electron chi connectivity index (χ2n) is 21.9. The summed E-state index contributed by atoms with van der Waals surface area (Å²) in [6.45, 7) is 4.74. The van der Waals surface area contributed by atoms with Gasteiger partial charge in [0, 0.05) is 12.8 Å². The molecule has 0 aromatic carbocycles. The lowest BCUT2D eigenvalue weighted by molar-refractivity contribution is -0.143. The van der Waals surface area contributed by atoms with Crippen molar-refractivity contribution in [3.63, 3.8) is 0 Å². The van der Waals surface area contributed by atoms with Crippen LogP contribution in [0.5, 0.6) is 0 Å². The Balaban J connectivity index is 3.37. The molecular weight excluding hydrogens is 879 g/mol. The highest BCUT2D eigenvalue weighted by molar-refractivity contribution is 5.76. The number of carbonyl (C=O) groups excluding carboxylic acids is 2. The second kappa shape index (κ2) is 59.2. The van der Waals surface area contributed by atoms with Crippen molar-refractivity contribution in [3.8, 4) is 0 Å². The third-order valence-corrected chi connectivity index (χ3v) is 14.8. The molecular formula is C64H123NO6. The summed E-state index contributed by atoms with van der Waals surface area (Å²) in [7, 11) is 0. The molecule has 420 valence electrons. The summed E-state index contributed by atoms with van der Waals surface area (Å²) in [5.41, 5.74) is 0. The Labute approximate surface area is 442 Å². The van der Waals surface area contributed by atoms with Gasteiger partial charge in [-0.25, -0.2) is 0 Å². The molecule has 3 atom stereocenters. The van der Waals surface area contributed by atoms with Crippen LogP contribution in [0.3, 0.4) is 0 Å². The Morgan fingerprint density at radius 3 is 1.14 bits per heavy atom. The first-order valence-electron chi connectivity index (χ1n) is 31.7. The minimum absolute atomic E-state index is 0.00122. The Hall–Kier alpha value is -1.70. The fourth-order valence-electron chi connectivity index (χ4n) is 9.94. The van der Waals surface area contributed by atoms with Crippen LogP contribution in [0.4, 0.5) is 0 Å². The summed E-state index contributed by atoms with van der Waals surface area (Å²) in [4.78, 5) is 24.5. The molecule has 0 aliphatic rings. The predicted octanol–water partition coefficient (Wildman–Crippen LogP) is 18.8. The van der Waals surface area contributed by atoms with Gasteiger partial charge in [-0.1, -0.05) is 295 Å². The summed E-state index contributed by atoms with van der Waals surface area (Å²) in [6.07, 6.45) is 69.5. The number of amides is 1. The number of allylic oxidation sites excluding steroid dienone is 4. The Kier molecular flexibility index (Phi) is 57.8. The summed E-state index contributed by atoms with van der Waals surface area (Å²) < 4.78 is 5.48. The van der Waals surface area contributed by atoms with Crippen LogP contribution in [0.25, 0.3) is 0 Å². The van der Waals surface area contributed by atoms with Gasteiger partial charge in [-0.2, -0.15) is 0 Å². The van der Waals surface area contributed by atoms with Crippen LogP contribution in [0.2, 0.25) is 0 Å². The van der Waals surface area contributed by atoms with Crippen molar-refractivity contribution < 1.29 is 29.6 Å². The quantitative estimate of drug-likeness (QED) is 0.0274. The molecule has 0 aromatic heterocycles. The van der Waals surface area contributed by atoms with Gasteiger partial charge in [-0.3, -0.25) is 9.59 Å². The van der Waals surface area contributed by atoms with Crippen molar-refractivity contribution in [1.29, 1.82) is 0 Å². The van der Waals surface area contributed by atoms with Crippen LogP contribution in [0.1, 0.15) is 341 Å². The topological polar surface area (TPSA) is 116 Å². The van der Waals surface area contributed by atoms with Crippen LogP contribution in [0.15, 0.2) is 24.3 Å². The fourth-order valence-corrected chi connectivity index (χ4v) is 9.94. The SMILES string of the molecule is CCCCC/C=C\C/C=C\CCCCCCCC(=O)OCCCCCCCCCCCCCCCCCCCCCCCCCCCCCC(=O)N[C@@H](CO)[C@H](O)[C@H](O)CCCCCCCCCCCC. The number of esters is 1. The molecule has 7 nitrogen and oxygen atoms in total. The minimum Gasteiger partial charge on any atom is -0.466 e. The first kappa shape index (κ1) is 69.3. The van der Waals surface area contributed by atoms with Gasteiger partial charge in [-0.05, 0) is 57.8 Å². The van der Waals surface area contributed by atoms with E-state index in [9.17, 15) is 24.9 Å². The number of rotatable bonds is 59. The molecule has 0 unspecified atom stereocenters. The zero-order valence-corrected chi connectivity index (χ0v) is 47.6. The maximum Gasteiger partial charge on any atom is 0.305 e. The second-order valence-corrected chi connectivity index (χ2v) is 21.9. The lowest BCUT2D eigenvalue weighted by Crippen LogP contribution is -2.50. The number of hydrogen-bond acceptors (Lipinski definition) is 6. The van der Waals surface area contributed by atoms with E-state index >= 15 is 0 Å². The van der Waals surface area contributed by atoms with E-state index in [1.165, 1.54) is 244 Å². The Morgan fingerprint density at radius 2 is 0.732 bits per heavy atom. The molecule has 0 aliphatic heterocycles. The van der Waals surface area contributed by atoms with Gasteiger partial charge in [0.15, 0.2) is 0 Å². The van der Waals surface area contributed by atoms with Crippen molar-refractivity contribution >= 4 is 11.9 Å². The highest BCUT2D eigenvalue weighted by Crippen LogP contribution is 2.18. The summed E-state index contributed by atoms with van der Waals surface area (Å²) in [6, 6.07) is -0.811. The van der Waals surface area contributed by atoms with Gasteiger partial charge in [0.1, 0.15) is 6.10 Å². The molecule has 0 radical (unpaired) electrons. The van der Waals surface area contributed by atoms with Gasteiger partial charge < -0.3 is 25.4 Å². The number of ether oxygens (including phenoxy) is 1. The van der Waals surface area contributed by atoms with E-state index in [4.69, 9.17) is 4.74 Å². The van der Waals surface area contributed by atoms with Crippen molar-refractivity contribution in [2.45, 2.75) is 360 Å². The molecule has 0 heterocycles. The number of nitrogens with one attached hydrogen (secondary N) is 1. The maximum absolute atomic E-state index is 12.5. The van der Waals surface area contributed by atoms with Gasteiger partial charge in [-0.15, -0.1) is 0 Å². The standard InChI is InChI=1S/C64H123NO6/c1-3-5-7-9-11-13-15-16-30-34-37-41-45-49-53-57-63(69)71-58-54-50-46-42-38-35-32-29-27-25-23-21-19-17-18-20-22-24-26-28-31-33-36-40-44-48-52-56-62(68)65-60(59-66)64(70)61(67)55-51-47-43-39-14-12-10-8-6-4-2/h11,13,16,30,60-61,64,66-67,70H,3-10,12,14-15,17-29,31-59H2,1-2H3,(H,65,68)/b13-11-,30-16-/t60-,61+,64-/m0/s1. The molecule has 1 amide bonds. The van der Waals surface area contributed by atoms with Crippen molar-refractivity contribution in [3.05, 3.63) is 24.3 Å². The van der Waals surface area contributed by atoms with Crippen LogP contribution in [-0.2, 0) is 14.3 Å². The largest absolute Gasteiger partial charge is 0.466 e. The van der Waals surface area contributed by atoms with E-state index in [1.54, 1.807) is 0 Å². The van der Waals surface area contributed by atoms with E-state index in [2.05, 4.69) is 43.5 Å². The van der Waals surface area contributed by atoms with Gasteiger partial charge in [0.2, 0.25) is 5.91 Å². The monoisotopic (exact) mass is 1000 g/mol. The van der Waals surface area contributed by atoms with Gasteiger partial charge in [0.25, 0.3) is 0 Å². The zero-order valence-electron chi connectivity index (χ0n) is 47.6. The fraction of sp³-hybridized carbons (Fsp3) is 0.906. The highest BCUT2D eigenvalue weighted by Gasteiger charge is 2.26. The van der Waals surface area contributed by atoms with Crippen LogP contribution >= 0.6 is 0 Å². The number of aliphatic hydroxyl groups is 3. The van der Waals surface area contributed by atoms with E-state index in [0.717, 1.165) is 64.2 Å². The van der Waals surface area contributed by atoms with E-state index in [1.807, 2.05) is 0 Å². The van der Waals surface area contributed by atoms with Crippen LogP contribution in [0, 0.1) is 0 Å². The molecule has 0 aliphatic carbocycles. The van der Waals surface area contributed by atoms with Crippen molar-refractivity contribution in [1.82, 2.24) is 5.32 Å². The average molecular weight is 1000 g/mol. The van der Waals surface area contributed by atoms with E-state index in [0.29, 0.717) is 25.9 Å². The van der Waals surface area contributed by atoms with Crippen molar-refractivity contribution in [2.75, 3.05) is 13.2 Å². The first-order valence-corrected chi connectivity index (χ1v) is 31.7. The summed E-state index contributed by atoms with van der Waals surface area (Å²) in [5.74, 6) is -0.145. The van der Waals surface area contributed by atoms with E-state index in [-0.39, 0.29) is 18.5 Å². The maximum atomic E-state index is 12.5. The Bertz CT molecular complexity index is 1130. The lowest BCUT2D eigenvalue weighted by Gasteiger charge is -2.26. The average Bonchev–Trinajstić information content (AvgIpc) is 3.37.